The average Bonchev–Trinajstić information content (AvgIpc) is 3.42. The molecule has 0 saturated carbocycles. The first kappa shape index (κ1) is 20.9. The van der Waals surface area contributed by atoms with E-state index >= 15 is 0 Å². The lowest BCUT2D eigenvalue weighted by atomic mass is 10.1. The van der Waals surface area contributed by atoms with E-state index in [1.807, 2.05) is 30.3 Å². The minimum Gasteiger partial charge on any atom is -0.454 e. The molecule has 3 aromatic rings. The Labute approximate surface area is 183 Å². The van der Waals surface area contributed by atoms with Crippen LogP contribution in [0.3, 0.4) is 0 Å². The van der Waals surface area contributed by atoms with Crippen LogP contribution in [-0.2, 0) is 17.8 Å². The Balaban J connectivity index is 1.18. The number of aromatic nitrogens is 2. The largest absolute Gasteiger partial charge is 0.454 e. The maximum Gasteiger partial charge on any atom is 0.231 e. The number of hydrogen-bond donors (Lipinski definition) is 2. The second-order valence-corrected chi connectivity index (χ2v) is 8.96. The lowest BCUT2D eigenvalue weighted by Crippen LogP contribution is -2.17. The molecule has 2 heterocycles. The van der Waals surface area contributed by atoms with Gasteiger partial charge >= 0.3 is 0 Å². The molecule has 1 aromatic heterocycles. The highest BCUT2D eigenvalue weighted by Crippen LogP contribution is 2.32. The zero-order valence-electron chi connectivity index (χ0n) is 16.5. The van der Waals surface area contributed by atoms with Gasteiger partial charge in [0.05, 0.1) is 19.3 Å². The van der Waals surface area contributed by atoms with Crippen molar-refractivity contribution in [3.8, 4) is 11.5 Å². The predicted molar refractivity (Wildman–Crippen MR) is 118 cm³/mol. The highest BCUT2D eigenvalue weighted by atomic mass is 32.2. The lowest BCUT2D eigenvalue weighted by molar-refractivity contribution is 0.0397. The van der Waals surface area contributed by atoms with Crippen LogP contribution < -0.4 is 14.8 Å². The summed E-state index contributed by atoms with van der Waals surface area (Å²) in [6.07, 6.45) is 0.425. The van der Waals surface area contributed by atoms with Gasteiger partial charge in [0.2, 0.25) is 11.9 Å². The van der Waals surface area contributed by atoms with Crippen LogP contribution in [0.2, 0.25) is 0 Å². The summed E-state index contributed by atoms with van der Waals surface area (Å²) in [7, 11) is 0. The van der Waals surface area contributed by atoms with Crippen molar-refractivity contribution in [3.63, 3.8) is 0 Å². The second kappa shape index (κ2) is 10.1. The van der Waals surface area contributed by atoms with E-state index in [-0.39, 0.29) is 13.4 Å². The van der Waals surface area contributed by atoms with E-state index < -0.39 is 6.10 Å². The number of ether oxygens (including phenoxy) is 3. The smallest absolute Gasteiger partial charge is 0.231 e. The first-order chi connectivity index (χ1) is 14.7. The summed E-state index contributed by atoms with van der Waals surface area (Å²) in [4.78, 5) is 0. The molecule has 9 heteroatoms. The molecule has 2 aromatic carbocycles. The number of rotatable bonds is 10. The zero-order chi connectivity index (χ0) is 20.8. The highest BCUT2D eigenvalue weighted by molar-refractivity contribution is 8.01. The van der Waals surface area contributed by atoms with Crippen LogP contribution in [0, 0.1) is 0 Å². The number of nitrogens with one attached hydrogen (secondary N) is 1. The topological polar surface area (TPSA) is 85.7 Å². The molecule has 0 amide bonds. The maximum atomic E-state index is 10.2. The van der Waals surface area contributed by atoms with Gasteiger partial charge in [-0.1, -0.05) is 48.2 Å². The summed E-state index contributed by atoms with van der Waals surface area (Å²) >= 11 is 2.93. The van der Waals surface area contributed by atoms with Gasteiger partial charge in [-0.2, -0.15) is 0 Å². The monoisotopic (exact) mass is 445 g/mol. The Bertz CT molecular complexity index is 965. The number of aryl methyl sites for hydroxylation is 1. The molecule has 0 aliphatic carbocycles. The third kappa shape index (κ3) is 5.63. The van der Waals surface area contributed by atoms with Crippen LogP contribution >= 0.6 is 23.1 Å². The van der Waals surface area contributed by atoms with Crippen LogP contribution in [0.1, 0.15) is 18.1 Å². The van der Waals surface area contributed by atoms with Gasteiger partial charge in [-0.15, -0.1) is 10.2 Å². The number of nitrogens with zero attached hydrogens (tertiary/aromatic N) is 2. The summed E-state index contributed by atoms with van der Waals surface area (Å²) in [6.45, 7) is 3.04. The lowest BCUT2D eigenvalue weighted by Gasteiger charge is -2.10. The normalized spacial score (nSPS) is 13.4. The average molecular weight is 446 g/mol. The molecule has 7 nitrogen and oxygen atoms in total. The Morgan fingerprint density at radius 1 is 1.13 bits per heavy atom. The molecule has 158 valence electrons. The third-order valence-electron chi connectivity index (χ3n) is 4.44. The number of anilines is 2. The SMILES string of the molecule is CCc1ccc(Nc2nnc(SC[C@H](O)COCc3ccc4c(c3)OCO4)s2)cc1. The molecule has 0 spiro atoms. The molecule has 30 heavy (non-hydrogen) atoms. The Kier molecular flexibility index (Phi) is 7.06. The number of hydrogen-bond acceptors (Lipinski definition) is 9. The molecule has 4 rings (SSSR count). The van der Waals surface area contributed by atoms with E-state index in [1.165, 1.54) is 28.7 Å². The molecule has 0 unspecified atom stereocenters. The first-order valence-corrected chi connectivity index (χ1v) is 11.5. The van der Waals surface area contributed by atoms with E-state index in [0.29, 0.717) is 12.4 Å². The van der Waals surface area contributed by atoms with Gasteiger partial charge in [0.15, 0.2) is 15.8 Å². The molecule has 1 atom stereocenters. The Hall–Kier alpha value is -2.33. The van der Waals surface area contributed by atoms with Gasteiger partial charge in [0.1, 0.15) is 0 Å². The Morgan fingerprint density at radius 2 is 1.93 bits per heavy atom. The van der Waals surface area contributed by atoms with Gasteiger partial charge in [0.25, 0.3) is 0 Å². The number of fused-ring (bicyclic) bond motifs is 1. The summed E-state index contributed by atoms with van der Waals surface area (Å²) in [5.74, 6) is 1.97. The minimum absolute atomic E-state index is 0.245. The van der Waals surface area contributed by atoms with Crippen LogP contribution in [0.25, 0.3) is 0 Å². The number of thioether (sulfide) groups is 1. The fourth-order valence-corrected chi connectivity index (χ4v) is 4.53. The van der Waals surface area contributed by atoms with Gasteiger partial charge in [-0.3, -0.25) is 0 Å². The van der Waals surface area contributed by atoms with E-state index in [2.05, 4.69) is 34.6 Å². The molecule has 0 radical (unpaired) electrons. The highest BCUT2D eigenvalue weighted by Gasteiger charge is 2.14. The zero-order valence-corrected chi connectivity index (χ0v) is 18.2. The van der Waals surface area contributed by atoms with Gasteiger partial charge in [0, 0.05) is 11.4 Å². The summed E-state index contributed by atoms with van der Waals surface area (Å²) in [5.41, 5.74) is 3.26. The summed E-state index contributed by atoms with van der Waals surface area (Å²) in [6, 6.07) is 14.0. The van der Waals surface area contributed by atoms with Crippen molar-refractivity contribution in [1.82, 2.24) is 10.2 Å². The predicted octanol–water partition coefficient (Wildman–Crippen LogP) is 4.24. The first-order valence-electron chi connectivity index (χ1n) is 9.66. The number of benzene rings is 2. The fourth-order valence-electron chi connectivity index (χ4n) is 2.83. The molecule has 0 bridgehead atoms. The van der Waals surface area contributed by atoms with E-state index in [0.717, 1.165) is 38.6 Å². The molecule has 2 N–H and O–H groups in total. The summed E-state index contributed by atoms with van der Waals surface area (Å²) < 4.78 is 17.1. The molecule has 0 fully saturated rings. The minimum atomic E-state index is -0.592. The Morgan fingerprint density at radius 3 is 2.77 bits per heavy atom. The molecular formula is C21H23N3O4S2. The van der Waals surface area contributed by atoms with Crippen molar-refractivity contribution in [2.45, 2.75) is 30.4 Å². The molecule has 1 aliphatic heterocycles. The number of aliphatic hydroxyl groups excluding tert-OH is 1. The second-order valence-electron chi connectivity index (χ2n) is 6.72. The van der Waals surface area contributed by atoms with Crippen LogP contribution in [-0.4, -0.2) is 40.6 Å². The van der Waals surface area contributed by atoms with Crippen molar-refractivity contribution in [3.05, 3.63) is 53.6 Å². The van der Waals surface area contributed by atoms with Crippen LogP contribution in [0.5, 0.6) is 11.5 Å². The standard InChI is InChI=1S/C21H23N3O4S2/c1-2-14-3-6-16(7-4-14)22-20-23-24-21(30-20)29-12-17(25)11-26-10-15-5-8-18-19(9-15)28-13-27-18/h3-9,17,25H,2,10-13H2,1H3,(H,22,23)/t17-/m1/s1. The van der Waals surface area contributed by atoms with Crippen molar-refractivity contribution >= 4 is 33.9 Å². The van der Waals surface area contributed by atoms with Crippen molar-refractivity contribution < 1.29 is 19.3 Å². The van der Waals surface area contributed by atoms with Crippen molar-refractivity contribution in [1.29, 1.82) is 0 Å². The van der Waals surface area contributed by atoms with Crippen LogP contribution in [0.4, 0.5) is 10.8 Å². The van der Waals surface area contributed by atoms with Gasteiger partial charge in [-0.25, -0.2) is 0 Å². The van der Waals surface area contributed by atoms with Gasteiger partial charge < -0.3 is 24.6 Å². The molecule has 0 saturated heterocycles. The molecule has 1 aliphatic rings. The van der Waals surface area contributed by atoms with E-state index in [1.54, 1.807) is 0 Å². The van der Waals surface area contributed by atoms with E-state index in [4.69, 9.17) is 14.2 Å². The fraction of sp³-hybridized carbons (Fsp3) is 0.333. The quantitative estimate of drug-likeness (QED) is 0.448. The van der Waals surface area contributed by atoms with Gasteiger partial charge in [-0.05, 0) is 41.8 Å². The number of aliphatic hydroxyl groups is 1. The van der Waals surface area contributed by atoms with Crippen molar-refractivity contribution in [2.24, 2.45) is 0 Å². The summed E-state index contributed by atoms with van der Waals surface area (Å²) in [5, 5.41) is 22.5. The van der Waals surface area contributed by atoms with Crippen molar-refractivity contribution in [2.75, 3.05) is 24.5 Å². The third-order valence-corrected chi connectivity index (χ3v) is 6.55. The maximum absolute atomic E-state index is 10.2. The van der Waals surface area contributed by atoms with Crippen LogP contribution in [0.15, 0.2) is 46.8 Å². The molecular weight excluding hydrogens is 422 g/mol. The van der Waals surface area contributed by atoms with E-state index in [9.17, 15) is 5.11 Å².